The highest BCUT2D eigenvalue weighted by Gasteiger charge is 2.25. The van der Waals surface area contributed by atoms with Gasteiger partial charge in [0.15, 0.2) is 0 Å². The summed E-state index contributed by atoms with van der Waals surface area (Å²) in [5.74, 6) is 0. The summed E-state index contributed by atoms with van der Waals surface area (Å²) in [5.41, 5.74) is 1.51. The predicted molar refractivity (Wildman–Crippen MR) is 149 cm³/mol. The third kappa shape index (κ3) is 5.00. The van der Waals surface area contributed by atoms with Crippen molar-refractivity contribution in [3.05, 3.63) is 71.0 Å². The fourth-order valence-corrected chi connectivity index (χ4v) is 5.73. The summed E-state index contributed by atoms with van der Waals surface area (Å²) in [5, 5.41) is 5.41. The second kappa shape index (κ2) is 10.1. The average molecular weight is 470 g/mol. The minimum Gasteiger partial charge on any atom is -0.307 e. The standard InChI is InChI=1S/C31H39N3O/c1-31(2,3)33-22-20-32(21-23-33)18-10-4-5-11-19-34-29-25-13-7-6-12-24(25)16-17-27(29)26-14-8-9-15-28(26)30(34)35/h6-9,12-17H,4-5,10-11,18-23H2,1-3H3. The molecule has 0 amide bonds. The number of nitrogens with zero attached hydrogens (tertiary/aromatic N) is 3. The predicted octanol–water partition coefficient (Wildman–Crippen LogP) is 6.28. The van der Waals surface area contributed by atoms with Gasteiger partial charge in [0, 0.05) is 54.4 Å². The summed E-state index contributed by atoms with van der Waals surface area (Å²) in [4.78, 5) is 18.8. The smallest absolute Gasteiger partial charge is 0.258 e. The minimum absolute atomic E-state index is 0.140. The Labute approximate surface area is 209 Å². The number of unbranched alkanes of at least 4 members (excludes halogenated alkanes) is 3. The highest BCUT2D eigenvalue weighted by Crippen LogP contribution is 2.29. The maximum absolute atomic E-state index is 13.6. The molecule has 1 fully saturated rings. The van der Waals surface area contributed by atoms with Crippen LogP contribution in [0.3, 0.4) is 0 Å². The Morgan fingerprint density at radius 3 is 2.00 bits per heavy atom. The molecule has 35 heavy (non-hydrogen) atoms. The van der Waals surface area contributed by atoms with E-state index >= 15 is 0 Å². The molecule has 4 heteroatoms. The van der Waals surface area contributed by atoms with Gasteiger partial charge in [0.1, 0.15) is 0 Å². The third-order valence-corrected chi connectivity index (χ3v) is 7.79. The highest BCUT2D eigenvalue weighted by atomic mass is 16.1. The van der Waals surface area contributed by atoms with Gasteiger partial charge in [-0.2, -0.15) is 0 Å². The van der Waals surface area contributed by atoms with Crippen LogP contribution in [0.25, 0.3) is 32.4 Å². The monoisotopic (exact) mass is 469 g/mol. The van der Waals surface area contributed by atoms with E-state index in [4.69, 9.17) is 0 Å². The van der Waals surface area contributed by atoms with Gasteiger partial charge in [-0.3, -0.25) is 9.69 Å². The van der Waals surface area contributed by atoms with Crippen molar-refractivity contribution in [2.45, 2.75) is 58.5 Å². The van der Waals surface area contributed by atoms with Gasteiger partial charge in [-0.15, -0.1) is 0 Å². The minimum atomic E-state index is 0.140. The Kier molecular flexibility index (Phi) is 6.95. The van der Waals surface area contributed by atoms with Gasteiger partial charge in [-0.1, -0.05) is 67.4 Å². The van der Waals surface area contributed by atoms with Crippen LogP contribution in [0.5, 0.6) is 0 Å². The van der Waals surface area contributed by atoms with Gasteiger partial charge in [0.2, 0.25) is 0 Å². The molecule has 0 spiro atoms. The number of aromatic nitrogens is 1. The lowest BCUT2D eigenvalue weighted by Crippen LogP contribution is -2.53. The summed E-state index contributed by atoms with van der Waals surface area (Å²) >= 11 is 0. The van der Waals surface area contributed by atoms with Crippen LogP contribution in [-0.4, -0.2) is 52.6 Å². The number of pyridine rings is 1. The summed E-state index contributed by atoms with van der Waals surface area (Å²) in [6, 6.07) is 20.9. The Morgan fingerprint density at radius 1 is 0.657 bits per heavy atom. The molecule has 2 heterocycles. The number of benzene rings is 3. The van der Waals surface area contributed by atoms with Gasteiger partial charge in [0.05, 0.1) is 5.52 Å². The van der Waals surface area contributed by atoms with E-state index in [0.29, 0.717) is 0 Å². The van der Waals surface area contributed by atoms with Crippen LogP contribution in [0.2, 0.25) is 0 Å². The van der Waals surface area contributed by atoms with E-state index < -0.39 is 0 Å². The van der Waals surface area contributed by atoms with Crippen molar-refractivity contribution in [3.63, 3.8) is 0 Å². The molecule has 1 aromatic heterocycles. The lowest BCUT2D eigenvalue weighted by molar-refractivity contribution is 0.0616. The van der Waals surface area contributed by atoms with Crippen molar-refractivity contribution in [3.8, 4) is 0 Å². The zero-order valence-corrected chi connectivity index (χ0v) is 21.6. The SMILES string of the molecule is CC(C)(C)N1CCN(CCCCCCn2c(=O)c3ccccc3c3ccc4ccccc4c32)CC1. The van der Waals surface area contributed by atoms with Gasteiger partial charge in [-0.05, 0) is 57.0 Å². The lowest BCUT2D eigenvalue weighted by atomic mass is 10.0. The Bertz CT molecular complexity index is 1370. The Morgan fingerprint density at radius 2 is 1.29 bits per heavy atom. The number of hydrogen-bond donors (Lipinski definition) is 0. The zero-order chi connectivity index (χ0) is 24.4. The van der Waals surface area contributed by atoms with Crippen LogP contribution in [0, 0.1) is 0 Å². The molecule has 5 rings (SSSR count). The van der Waals surface area contributed by atoms with Crippen LogP contribution in [-0.2, 0) is 6.54 Å². The van der Waals surface area contributed by atoms with Crippen molar-refractivity contribution in [2.24, 2.45) is 0 Å². The summed E-state index contributed by atoms with van der Waals surface area (Å²) in [6.45, 7) is 13.6. The molecule has 4 aromatic rings. The summed E-state index contributed by atoms with van der Waals surface area (Å²) in [6.07, 6.45) is 4.66. The average Bonchev–Trinajstić information content (AvgIpc) is 2.87. The Hall–Kier alpha value is -2.69. The van der Waals surface area contributed by atoms with E-state index in [9.17, 15) is 4.79 Å². The molecule has 0 aliphatic carbocycles. The van der Waals surface area contributed by atoms with Gasteiger partial charge >= 0.3 is 0 Å². The van der Waals surface area contributed by atoms with Crippen LogP contribution < -0.4 is 5.56 Å². The molecule has 3 aromatic carbocycles. The van der Waals surface area contributed by atoms with Crippen molar-refractivity contribution < 1.29 is 0 Å². The quantitative estimate of drug-likeness (QED) is 0.235. The van der Waals surface area contributed by atoms with Gasteiger partial charge in [-0.25, -0.2) is 0 Å². The molecule has 4 nitrogen and oxygen atoms in total. The van der Waals surface area contributed by atoms with Crippen LogP contribution in [0.1, 0.15) is 46.5 Å². The summed E-state index contributed by atoms with van der Waals surface area (Å²) < 4.78 is 2.05. The van der Waals surface area contributed by atoms with Gasteiger partial charge in [0.25, 0.3) is 5.56 Å². The van der Waals surface area contributed by atoms with Crippen molar-refractivity contribution in [1.82, 2.24) is 14.4 Å². The molecule has 0 unspecified atom stereocenters. The molecule has 0 N–H and O–H groups in total. The normalized spacial score (nSPS) is 16.0. The van der Waals surface area contributed by atoms with Crippen molar-refractivity contribution in [1.29, 1.82) is 0 Å². The first-order valence-corrected chi connectivity index (χ1v) is 13.3. The van der Waals surface area contributed by atoms with E-state index in [0.717, 1.165) is 35.7 Å². The number of fused-ring (bicyclic) bond motifs is 5. The van der Waals surface area contributed by atoms with Gasteiger partial charge < -0.3 is 9.47 Å². The fourth-order valence-electron chi connectivity index (χ4n) is 5.73. The molecular weight excluding hydrogens is 430 g/mol. The highest BCUT2D eigenvalue weighted by molar-refractivity contribution is 6.15. The first-order valence-electron chi connectivity index (χ1n) is 13.3. The number of hydrogen-bond acceptors (Lipinski definition) is 3. The van der Waals surface area contributed by atoms with E-state index in [-0.39, 0.29) is 11.1 Å². The van der Waals surface area contributed by atoms with E-state index in [2.05, 4.69) is 73.0 Å². The second-order valence-corrected chi connectivity index (χ2v) is 11.1. The molecule has 0 saturated carbocycles. The fraction of sp³-hybridized carbons (Fsp3) is 0.452. The molecule has 0 atom stereocenters. The molecule has 1 saturated heterocycles. The van der Waals surface area contributed by atoms with Crippen LogP contribution in [0.4, 0.5) is 0 Å². The van der Waals surface area contributed by atoms with E-state index in [1.807, 2.05) is 22.8 Å². The van der Waals surface area contributed by atoms with Crippen molar-refractivity contribution in [2.75, 3.05) is 32.7 Å². The van der Waals surface area contributed by atoms with E-state index in [1.165, 1.54) is 61.7 Å². The molecular formula is C31H39N3O. The largest absolute Gasteiger partial charge is 0.307 e. The maximum Gasteiger partial charge on any atom is 0.258 e. The first-order chi connectivity index (χ1) is 16.9. The first kappa shape index (κ1) is 24.0. The Balaban J connectivity index is 1.25. The molecule has 1 aliphatic rings. The molecule has 0 bridgehead atoms. The second-order valence-electron chi connectivity index (χ2n) is 11.1. The summed E-state index contributed by atoms with van der Waals surface area (Å²) in [7, 11) is 0. The molecule has 0 radical (unpaired) electrons. The number of piperazine rings is 1. The van der Waals surface area contributed by atoms with E-state index in [1.54, 1.807) is 0 Å². The van der Waals surface area contributed by atoms with Crippen LogP contribution >= 0.6 is 0 Å². The van der Waals surface area contributed by atoms with Crippen LogP contribution in [0.15, 0.2) is 65.5 Å². The zero-order valence-electron chi connectivity index (χ0n) is 21.6. The molecule has 184 valence electrons. The topological polar surface area (TPSA) is 28.5 Å². The number of rotatable bonds is 7. The van der Waals surface area contributed by atoms with Crippen molar-refractivity contribution >= 4 is 32.4 Å². The number of aryl methyl sites for hydroxylation is 1. The molecule has 1 aliphatic heterocycles. The lowest BCUT2D eigenvalue weighted by Gasteiger charge is -2.42. The third-order valence-electron chi connectivity index (χ3n) is 7.79. The maximum atomic E-state index is 13.6.